The van der Waals surface area contributed by atoms with Gasteiger partial charge in [-0.15, -0.1) is 0 Å². The van der Waals surface area contributed by atoms with Gasteiger partial charge in [-0.1, -0.05) is 6.07 Å². The maximum atomic E-state index is 13.0. The van der Waals surface area contributed by atoms with Crippen LogP contribution < -0.4 is 5.32 Å². The highest BCUT2D eigenvalue weighted by Crippen LogP contribution is 2.19. The molecule has 0 radical (unpaired) electrons. The van der Waals surface area contributed by atoms with Gasteiger partial charge in [-0.05, 0) is 37.5 Å². The van der Waals surface area contributed by atoms with Gasteiger partial charge in [0.05, 0.1) is 0 Å². The summed E-state index contributed by atoms with van der Waals surface area (Å²) in [6.45, 7) is 2.45. The molecule has 1 atom stereocenters. The number of nitrogens with one attached hydrogen (secondary N) is 1. The first-order valence-corrected chi connectivity index (χ1v) is 5.35. The van der Waals surface area contributed by atoms with Crippen LogP contribution in [0.4, 0.5) is 10.1 Å². The van der Waals surface area contributed by atoms with Crippen LogP contribution in [-0.2, 0) is 9.53 Å². The largest absolute Gasteiger partial charge is 0.368 e. The second-order valence-electron chi connectivity index (χ2n) is 3.95. The van der Waals surface area contributed by atoms with E-state index in [4.69, 9.17) is 4.74 Å². The molecule has 1 aromatic rings. The van der Waals surface area contributed by atoms with Crippen molar-refractivity contribution in [2.75, 3.05) is 11.9 Å². The minimum atomic E-state index is -0.386. The highest BCUT2D eigenvalue weighted by atomic mass is 19.1. The Morgan fingerprint density at radius 3 is 3.06 bits per heavy atom. The molecule has 1 amide bonds. The van der Waals surface area contributed by atoms with Gasteiger partial charge in [0.1, 0.15) is 11.9 Å². The summed E-state index contributed by atoms with van der Waals surface area (Å²) in [4.78, 5) is 11.7. The molecule has 3 nitrogen and oxygen atoms in total. The Labute approximate surface area is 93.6 Å². The zero-order valence-corrected chi connectivity index (χ0v) is 9.13. The minimum Gasteiger partial charge on any atom is -0.368 e. The monoisotopic (exact) mass is 223 g/mol. The highest BCUT2D eigenvalue weighted by molar-refractivity contribution is 5.94. The van der Waals surface area contributed by atoms with Gasteiger partial charge in [-0.3, -0.25) is 4.79 Å². The molecule has 1 heterocycles. The summed E-state index contributed by atoms with van der Waals surface area (Å²) >= 11 is 0. The maximum Gasteiger partial charge on any atom is 0.253 e. The number of hydrogen-bond acceptors (Lipinski definition) is 2. The number of carbonyl (C=O) groups is 1. The molecule has 1 aromatic carbocycles. The molecule has 0 aliphatic carbocycles. The molecule has 1 aliphatic heterocycles. The molecule has 0 aromatic heterocycles. The molecule has 0 saturated carbocycles. The molecule has 4 heteroatoms. The van der Waals surface area contributed by atoms with E-state index in [0.717, 1.165) is 18.4 Å². The lowest BCUT2D eigenvalue weighted by molar-refractivity contribution is -0.124. The summed E-state index contributed by atoms with van der Waals surface area (Å²) < 4.78 is 18.2. The van der Waals surface area contributed by atoms with E-state index in [-0.39, 0.29) is 17.8 Å². The Hall–Kier alpha value is -1.42. The first-order valence-electron chi connectivity index (χ1n) is 5.35. The summed E-state index contributed by atoms with van der Waals surface area (Å²) in [5, 5.41) is 2.69. The van der Waals surface area contributed by atoms with E-state index in [1.807, 2.05) is 6.92 Å². The van der Waals surface area contributed by atoms with Crippen molar-refractivity contribution in [3.05, 3.63) is 29.6 Å². The smallest absolute Gasteiger partial charge is 0.253 e. The van der Waals surface area contributed by atoms with Crippen molar-refractivity contribution >= 4 is 11.6 Å². The fourth-order valence-corrected chi connectivity index (χ4v) is 1.73. The topological polar surface area (TPSA) is 38.3 Å². The maximum absolute atomic E-state index is 13.0. The lowest BCUT2D eigenvalue weighted by Crippen LogP contribution is -2.27. The molecule has 2 rings (SSSR count). The minimum absolute atomic E-state index is 0.189. The van der Waals surface area contributed by atoms with Crippen LogP contribution in [0.5, 0.6) is 0 Å². The van der Waals surface area contributed by atoms with Crippen LogP contribution in [0.2, 0.25) is 0 Å². The van der Waals surface area contributed by atoms with E-state index >= 15 is 0 Å². The standard InChI is InChI=1S/C12H14FNO2/c1-8-4-5-9(13)7-10(8)14-12(15)11-3-2-6-16-11/h4-5,7,11H,2-3,6H2,1H3,(H,14,15)/t11-/m0/s1. The normalized spacial score (nSPS) is 19.8. The fourth-order valence-electron chi connectivity index (χ4n) is 1.73. The molecular formula is C12H14FNO2. The van der Waals surface area contributed by atoms with Gasteiger partial charge in [0.2, 0.25) is 0 Å². The van der Waals surface area contributed by atoms with Gasteiger partial charge in [0.15, 0.2) is 0 Å². The molecular weight excluding hydrogens is 209 g/mol. The molecule has 1 N–H and O–H groups in total. The molecule has 86 valence electrons. The van der Waals surface area contributed by atoms with Crippen LogP contribution in [0.15, 0.2) is 18.2 Å². The Kier molecular flexibility index (Phi) is 3.19. The van der Waals surface area contributed by atoms with Gasteiger partial charge in [-0.2, -0.15) is 0 Å². The number of rotatable bonds is 2. The highest BCUT2D eigenvalue weighted by Gasteiger charge is 2.23. The van der Waals surface area contributed by atoms with Gasteiger partial charge in [0.25, 0.3) is 5.91 Å². The van der Waals surface area contributed by atoms with Crippen molar-refractivity contribution in [2.24, 2.45) is 0 Å². The Balaban J connectivity index is 2.07. The van der Waals surface area contributed by atoms with Crippen molar-refractivity contribution in [1.29, 1.82) is 0 Å². The number of hydrogen-bond donors (Lipinski definition) is 1. The summed E-state index contributed by atoms with van der Waals surface area (Å²) in [6.07, 6.45) is 1.25. The average molecular weight is 223 g/mol. The van der Waals surface area contributed by atoms with Gasteiger partial charge >= 0.3 is 0 Å². The summed E-state index contributed by atoms with van der Waals surface area (Å²) in [7, 11) is 0. The second-order valence-corrected chi connectivity index (χ2v) is 3.95. The molecule has 0 spiro atoms. The van der Waals surface area contributed by atoms with Gasteiger partial charge < -0.3 is 10.1 Å². The summed E-state index contributed by atoms with van der Waals surface area (Å²) in [5.41, 5.74) is 1.35. The van der Waals surface area contributed by atoms with E-state index in [1.54, 1.807) is 6.07 Å². The van der Waals surface area contributed by atoms with Crippen LogP contribution >= 0.6 is 0 Å². The van der Waals surface area contributed by atoms with Gasteiger partial charge in [0, 0.05) is 12.3 Å². The molecule has 1 saturated heterocycles. The number of ether oxygens (including phenoxy) is 1. The zero-order valence-electron chi connectivity index (χ0n) is 9.13. The lowest BCUT2D eigenvalue weighted by Gasteiger charge is -2.12. The quantitative estimate of drug-likeness (QED) is 0.835. The number of halogens is 1. The number of anilines is 1. The molecule has 0 unspecified atom stereocenters. The van der Waals surface area contributed by atoms with Crippen LogP contribution in [0.3, 0.4) is 0 Å². The molecule has 16 heavy (non-hydrogen) atoms. The molecule has 1 aliphatic rings. The number of amides is 1. The number of aryl methyl sites for hydroxylation is 1. The fraction of sp³-hybridized carbons (Fsp3) is 0.417. The molecule has 1 fully saturated rings. The predicted molar refractivity (Wildman–Crippen MR) is 58.7 cm³/mol. The third kappa shape index (κ3) is 2.39. The van der Waals surface area contributed by atoms with E-state index in [0.29, 0.717) is 12.3 Å². The van der Waals surface area contributed by atoms with Crippen molar-refractivity contribution in [3.8, 4) is 0 Å². The number of benzene rings is 1. The van der Waals surface area contributed by atoms with E-state index < -0.39 is 0 Å². The van der Waals surface area contributed by atoms with Crippen molar-refractivity contribution < 1.29 is 13.9 Å². The molecule has 0 bridgehead atoms. The lowest BCUT2D eigenvalue weighted by atomic mass is 10.1. The zero-order chi connectivity index (χ0) is 11.5. The first kappa shape index (κ1) is 11.1. The van der Waals surface area contributed by atoms with Crippen LogP contribution in [0, 0.1) is 12.7 Å². The van der Waals surface area contributed by atoms with Crippen LogP contribution in [0.25, 0.3) is 0 Å². The van der Waals surface area contributed by atoms with Crippen molar-refractivity contribution in [3.63, 3.8) is 0 Å². The summed E-state index contributed by atoms with van der Waals surface area (Å²) in [5.74, 6) is -0.542. The third-order valence-corrected chi connectivity index (χ3v) is 2.68. The van der Waals surface area contributed by atoms with E-state index in [9.17, 15) is 9.18 Å². The van der Waals surface area contributed by atoms with Crippen LogP contribution in [-0.4, -0.2) is 18.6 Å². The van der Waals surface area contributed by atoms with Crippen LogP contribution in [0.1, 0.15) is 18.4 Å². The Bertz CT molecular complexity index is 400. The first-order chi connectivity index (χ1) is 7.66. The van der Waals surface area contributed by atoms with Crippen molar-refractivity contribution in [1.82, 2.24) is 0 Å². The predicted octanol–water partition coefficient (Wildman–Crippen LogP) is 2.25. The second kappa shape index (κ2) is 4.61. The number of carbonyl (C=O) groups excluding carboxylic acids is 1. The van der Waals surface area contributed by atoms with E-state index in [1.165, 1.54) is 12.1 Å². The average Bonchev–Trinajstić information content (AvgIpc) is 2.76. The third-order valence-electron chi connectivity index (χ3n) is 2.68. The van der Waals surface area contributed by atoms with Crippen molar-refractivity contribution in [2.45, 2.75) is 25.9 Å². The Morgan fingerprint density at radius 1 is 1.56 bits per heavy atom. The SMILES string of the molecule is Cc1ccc(F)cc1NC(=O)[C@@H]1CCCO1. The summed E-state index contributed by atoms with van der Waals surface area (Å²) in [6, 6.07) is 4.33. The van der Waals surface area contributed by atoms with E-state index in [2.05, 4.69) is 5.32 Å². The Morgan fingerprint density at radius 2 is 2.38 bits per heavy atom. The van der Waals surface area contributed by atoms with Gasteiger partial charge in [-0.25, -0.2) is 4.39 Å².